The van der Waals surface area contributed by atoms with Crippen LogP contribution >= 0.6 is 15.9 Å². The molecule has 2 heterocycles. The summed E-state index contributed by atoms with van der Waals surface area (Å²) in [4.78, 5) is 20.3. The van der Waals surface area contributed by atoms with Crippen molar-refractivity contribution in [3.05, 3.63) is 77.2 Å². The zero-order valence-corrected chi connectivity index (χ0v) is 13.5. The Hall–Kier alpha value is -2.73. The van der Waals surface area contributed by atoms with Crippen LogP contribution in [0.4, 0.5) is 5.69 Å². The van der Waals surface area contributed by atoms with E-state index in [1.165, 1.54) is 6.20 Å². The van der Waals surface area contributed by atoms with Crippen LogP contribution < -0.4 is 10.1 Å². The number of halogens is 1. The largest absolute Gasteiger partial charge is 0.439 e. The molecular formula is C17H12BrN3O2. The first-order valence-corrected chi connectivity index (χ1v) is 7.61. The summed E-state index contributed by atoms with van der Waals surface area (Å²) in [6.45, 7) is 0. The van der Waals surface area contributed by atoms with E-state index < -0.39 is 0 Å². The smallest absolute Gasteiger partial charge is 0.257 e. The van der Waals surface area contributed by atoms with Crippen molar-refractivity contribution in [2.75, 3.05) is 5.32 Å². The summed E-state index contributed by atoms with van der Waals surface area (Å²) < 4.78 is 6.39. The number of benzene rings is 1. The maximum atomic E-state index is 12.2. The highest BCUT2D eigenvalue weighted by Crippen LogP contribution is 2.21. The minimum atomic E-state index is -0.254. The molecule has 2 aromatic heterocycles. The number of carbonyl (C=O) groups excluding carboxylic acids is 1. The minimum Gasteiger partial charge on any atom is -0.439 e. The van der Waals surface area contributed by atoms with Crippen molar-refractivity contribution >= 4 is 27.5 Å². The van der Waals surface area contributed by atoms with Crippen molar-refractivity contribution in [2.24, 2.45) is 0 Å². The van der Waals surface area contributed by atoms with Gasteiger partial charge in [-0.3, -0.25) is 9.78 Å². The van der Waals surface area contributed by atoms with Crippen LogP contribution in [0.1, 0.15) is 10.4 Å². The molecule has 23 heavy (non-hydrogen) atoms. The molecule has 5 nitrogen and oxygen atoms in total. The zero-order valence-electron chi connectivity index (χ0n) is 11.9. The molecule has 1 N–H and O–H groups in total. The number of carbonyl (C=O) groups is 1. The van der Waals surface area contributed by atoms with E-state index >= 15 is 0 Å². The maximum Gasteiger partial charge on any atom is 0.257 e. The third kappa shape index (κ3) is 4.14. The van der Waals surface area contributed by atoms with Crippen LogP contribution in [0.5, 0.6) is 11.6 Å². The molecule has 0 atom stereocenters. The number of ether oxygens (including phenoxy) is 1. The molecule has 0 aliphatic rings. The summed E-state index contributed by atoms with van der Waals surface area (Å²) in [6, 6.07) is 14.4. The van der Waals surface area contributed by atoms with Crippen molar-refractivity contribution in [1.82, 2.24) is 9.97 Å². The van der Waals surface area contributed by atoms with Gasteiger partial charge >= 0.3 is 0 Å². The number of rotatable bonds is 4. The van der Waals surface area contributed by atoms with E-state index in [1.807, 2.05) is 30.3 Å². The van der Waals surface area contributed by atoms with Gasteiger partial charge in [0.1, 0.15) is 5.75 Å². The highest BCUT2D eigenvalue weighted by atomic mass is 79.9. The lowest BCUT2D eigenvalue weighted by molar-refractivity contribution is 0.102. The molecule has 0 aliphatic heterocycles. The molecule has 0 fully saturated rings. The third-order valence-electron chi connectivity index (χ3n) is 2.93. The predicted molar refractivity (Wildman–Crippen MR) is 90.6 cm³/mol. The Balaban J connectivity index is 1.74. The summed E-state index contributed by atoms with van der Waals surface area (Å²) in [6.07, 6.45) is 4.70. The molecule has 0 saturated heterocycles. The number of nitrogens with one attached hydrogen (secondary N) is 1. The van der Waals surface area contributed by atoms with Gasteiger partial charge in [-0.05, 0) is 40.2 Å². The molecule has 1 aromatic carbocycles. The van der Waals surface area contributed by atoms with Gasteiger partial charge in [0.25, 0.3) is 5.91 Å². The molecule has 0 aliphatic carbocycles. The number of anilines is 1. The van der Waals surface area contributed by atoms with Gasteiger partial charge < -0.3 is 10.1 Å². The standard InChI is InChI=1S/C17H12BrN3O2/c18-13-8-12(10-19-11-13)17(22)21-14-6-7-20-16(9-14)23-15-4-2-1-3-5-15/h1-11H,(H,20,21,22). The van der Waals surface area contributed by atoms with Crippen molar-refractivity contribution in [1.29, 1.82) is 0 Å². The molecule has 0 spiro atoms. The summed E-state index contributed by atoms with van der Waals surface area (Å²) in [5.41, 5.74) is 1.05. The summed E-state index contributed by atoms with van der Waals surface area (Å²) in [5.74, 6) is 0.830. The Morgan fingerprint density at radius 1 is 1.09 bits per heavy atom. The molecule has 3 aromatic rings. The second kappa shape index (κ2) is 7.02. The van der Waals surface area contributed by atoms with Gasteiger partial charge in [-0.25, -0.2) is 4.98 Å². The Morgan fingerprint density at radius 3 is 2.70 bits per heavy atom. The lowest BCUT2D eigenvalue weighted by Gasteiger charge is -2.08. The molecular weight excluding hydrogens is 358 g/mol. The van der Waals surface area contributed by atoms with Crippen molar-refractivity contribution in [3.8, 4) is 11.6 Å². The molecule has 0 saturated carbocycles. The van der Waals surface area contributed by atoms with Crippen molar-refractivity contribution < 1.29 is 9.53 Å². The van der Waals surface area contributed by atoms with Gasteiger partial charge in [-0.2, -0.15) is 0 Å². The third-order valence-corrected chi connectivity index (χ3v) is 3.36. The van der Waals surface area contributed by atoms with E-state index in [1.54, 1.807) is 30.6 Å². The highest BCUT2D eigenvalue weighted by Gasteiger charge is 2.08. The first-order valence-electron chi connectivity index (χ1n) is 6.81. The number of pyridine rings is 2. The molecule has 0 unspecified atom stereocenters. The molecule has 0 bridgehead atoms. The molecule has 6 heteroatoms. The van der Waals surface area contributed by atoms with Crippen LogP contribution in [0.15, 0.2) is 71.6 Å². The topological polar surface area (TPSA) is 64.1 Å². The number of nitrogens with zero attached hydrogens (tertiary/aromatic N) is 2. The fourth-order valence-electron chi connectivity index (χ4n) is 1.89. The Kier molecular flexibility index (Phi) is 4.63. The van der Waals surface area contributed by atoms with E-state index in [4.69, 9.17) is 4.74 Å². The number of amides is 1. The van der Waals surface area contributed by atoms with Gasteiger partial charge in [-0.1, -0.05) is 18.2 Å². The average Bonchev–Trinajstić information content (AvgIpc) is 2.56. The fourth-order valence-corrected chi connectivity index (χ4v) is 2.26. The number of para-hydroxylation sites is 1. The number of hydrogen-bond acceptors (Lipinski definition) is 4. The van der Waals surface area contributed by atoms with Crippen LogP contribution in [0.25, 0.3) is 0 Å². The van der Waals surface area contributed by atoms with E-state index in [0.717, 1.165) is 4.47 Å². The van der Waals surface area contributed by atoms with Gasteiger partial charge in [0.05, 0.1) is 5.56 Å². The molecule has 114 valence electrons. The second-order valence-electron chi connectivity index (χ2n) is 4.64. The van der Waals surface area contributed by atoms with Gasteiger partial charge in [0.15, 0.2) is 0 Å². The van der Waals surface area contributed by atoms with Gasteiger partial charge in [0, 0.05) is 34.8 Å². The Labute approximate surface area is 141 Å². The molecule has 3 rings (SSSR count). The van der Waals surface area contributed by atoms with E-state index in [2.05, 4.69) is 31.2 Å². The quantitative estimate of drug-likeness (QED) is 0.745. The monoisotopic (exact) mass is 369 g/mol. The number of hydrogen-bond donors (Lipinski definition) is 1. The fraction of sp³-hybridized carbons (Fsp3) is 0. The van der Waals surface area contributed by atoms with E-state index in [9.17, 15) is 4.79 Å². The SMILES string of the molecule is O=C(Nc1ccnc(Oc2ccccc2)c1)c1cncc(Br)c1. The summed E-state index contributed by atoms with van der Waals surface area (Å²) in [7, 11) is 0. The zero-order chi connectivity index (χ0) is 16.1. The van der Waals surface area contributed by atoms with Crippen LogP contribution in [0.2, 0.25) is 0 Å². The second-order valence-corrected chi connectivity index (χ2v) is 5.56. The summed E-state index contributed by atoms with van der Waals surface area (Å²) in [5, 5.41) is 2.79. The van der Waals surface area contributed by atoms with Crippen LogP contribution in [0, 0.1) is 0 Å². The van der Waals surface area contributed by atoms with E-state index in [-0.39, 0.29) is 5.91 Å². The van der Waals surface area contributed by atoms with Gasteiger partial charge in [0.2, 0.25) is 5.88 Å². The average molecular weight is 370 g/mol. The lowest BCUT2D eigenvalue weighted by Crippen LogP contribution is -2.12. The van der Waals surface area contributed by atoms with Crippen LogP contribution in [0.3, 0.4) is 0 Å². The van der Waals surface area contributed by atoms with Crippen molar-refractivity contribution in [3.63, 3.8) is 0 Å². The maximum absolute atomic E-state index is 12.2. The van der Waals surface area contributed by atoms with E-state index in [0.29, 0.717) is 22.9 Å². The highest BCUT2D eigenvalue weighted by molar-refractivity contribution is 9.10. The molecule has 0 radical (unpaired) electrons. The Morgan fingerprint density at radius 2 is 1.91 bits per heavy atom. The first kappa shape index (κ1) is 15.2. The lowest BCUT2D eigenvalue weighted by atomic mass is 10.2. The normalized spacial score (nSPS) is 10.1. The van der Waals surface area contributed by atoms with Gasteiger partial charge in [-0.15, -0.1) is 0 Å². The van der Waals surface area contributed by atoms with Crippen molar-refractivity contribution in [2.45, 2.75) is 0 Å². The first-order chi connectivity index (χ1) is 11.2. The minimum absolute atomic E-state index is 0.254. The Bertz CT molecular complexity index is 825. The van der Waals surface area contributed by atoms with Crippen LogP contribution in [-0.2, 0) is 0 Å². The van der Waals surface area contributed by atoms with Crippen LogP contribution in [-0.4, -0.2) is 15.9 Å². The molecule has 1 amide bonds. The summed E-state index contributed by atoms with van der Waals surface area (Å²) >= 11 is 3.29. The number of aromatic nitrogens is 2. The predicted octanol–water partition coefficient (Wildman–Crippen LogP) is 4.28.